The number of fused-ring (bicyclic) bond motifs is 1. The average molecular weight is 372 g/mol. The van der Waals surface area contributed by atoms with Gasteiger partial charge in [0.25, 0.3) is 5.91 Å². The summed E-state index contributed by atoms with van der Waals surface area (Å²) < 4.78 is 0. The first-order valence-corrected chi connectivity index (χ1v) is 9.43. The number of nitrogens with one attached hydrogen (secondary N) is 1. The van der Waals surface area contributed by atoms with E-state index in [0.717, 1.165) is 24.3 Å². The molecule has 142 valence electrons. The van der Waals surface area contributed by atoms with Gasteiger partial charge in [0.1, 0.15) is 5.82 Å². The Balaban J connectivity index is 1.47. The molecular weight excluding hydrogens is 348 g/mol. The molecule has 0 saturated carbocycles. The monoisotopic (exact) mass is 372 g/mol. The number of rotatable bonds is 4. The number of amides is 1. The fourth-order valence-electron chi connectivity index (χ4n) is 3.60. The van der Waals surface area contributed by atoms with E-state index in [1.54, 1.807) is 6.20 Å². The fraction of sp³-hybridized carbons (Fsp3) is 0.217. The zero-order valence-electron chi connectivity index (χ0n) is 16.2. The van der Waals surface area contributed by atoms with Gasteiger partial charge in [0.2, 0.25) is 0 Å². The van der Waals surface area contributed by atoms with Crippen LogP contribution in [0.4, 0.5) is 11.5 Å². The summed E-state index contributed by atoms with van der Waals surface area (Å²) in [5, 5.41) is 2.93. The number of nitrogen functional groups attached to an aromatic ring is 1. The lowest BCUT2D eigenvalue weighted by molar-refractivity contribution is 0.0951. The lowest BCUT2D eigenvalue weighted by Crippen LogP contribution is -2.24. The third-order valence-electron chi connectivity index (χ3n) is 5.38. The summed E-state index contributed by atoms with van der Waals surface area (Å²) in [4.78, 5) is 19.0. The van der Waals surface area contributed by atoms with Crippen molar-refractivity contribution in [1.29, 1.82) is 0 Å². The Labute approximate surface area is 165 Å². The molecule has 0 unspecified atom stereocenters. The number of carbonyl (C=O) groups excluding carboxylic acids is 1. The van der Waals surface area contributed by atoms with Crippen molar-refractivity contribution in [3.8, 4) is 0 Å². The van der Waals surface area contributed by atoms with Crippen molar-refractivity contribution in [1.82, 2.24) is 10.3 Å². The molecule has 5 heteroatoms. The van der Waals surface area contributed by atoms with Crippen LogP contribution < -0.4 is 16.0 Å². The number of benzene rings is 2. The third-order valence-corrected chi connectivity index (χ3v) is 5.38. The van der Waals surface area contributed by atoms with E-state index in [-0.39, 0.29) is 5.91 Å². The van der Waals surface area contributed by atoms with Crippen LogP contribution in [0.5, 0.6) is 0 Å². The van der Waals surface area contributed by atoms with E-state index in [2.05, 4.69) is 47.2 Å². The normalized spacial score (nSPS) is 12.7. The number of pyridine rings is 1. The maximum Gasteiger partial charge on any atom is 0.251 e. The molecule has 0 spiro atoms. The van der Waals surface area contributed by atoms with E-state index >= 15 is 0 Å². The number of anilines is 2. The lowest BCUT2D eigenvalue weighted by Gasteiger charge is -2.18. The largest absolute Gasteiger partial charge is 0.383 e. The van der Waals surface area contributed by atoms with Gasteiger partial charge < -0.3 is 16.0 Å². The van der Waals surface area contributed by atoms with Crippen LogP contribution in [-0.4, -0.2) is 10.9 Å². The van der Waals surface area contributed by atoms with Crippen LogP contribution in [0.1, 0.15) is 38.2 Å². The molecule has 5 nitrogen and oxygen atoms in total. The average Bonchev–Trinajstić information content (AvgIpc) is 3.10. The molecule has 1 amide bonds. The predicted octanol–water partition coefficient (Wildman–Crippen LogP) is 3.73. The molecule has 4 rings (SSSR count). The van der Waals surface area contributed by atoms with Crippen LogP contribution in [0.15, 0.2) is 54.7 Å². The number of hydrogen-bond acceptors (Lipinski definition) is 4. The van der Waals surface area contributed by atoms with Gasteiger partial charge in [-0.1, -0.05) is 24.3 Å². The van der Waals surface area contributed by atoms with E-state index in [1.807, 2.05) is 30.3 Å². The van der Waals surface area contributed by atoms with Crippen LogP contribution in [0.2, 0.25) is 0 Å². The van der Waals surface area contributed by atoms with Crippen molar-refractivity contribution in [2.24, 2.45) is 0 Å². The van der Waals surface area contributed by atoms with Crippen molar-refractivity contribution in [3.63, 3.8) is 0 Å². The highest BCUT2D eigenvalue weighted by Gasteiger charge is 2.20. The molecule has 0 bridgehead atoms. The molecule has 2 aromatic carbocycles. The minimum Gasteiger partial charge on any atom is -0.383 e. The highest BCUT2D eigenvalue weighted by molar-refractivity contribution is 5.95. The maximum absolute atomic E-state index is 12.6. The molecule has 3 N–H and O–H groups in total. The minimum atomic E-state index is -0.117. The Hall–Kier alpha value is -3.34. The van der Waals surface area contributed by atoms with Crippen molar-refractivity contribution < 1.29 is 4.79 Å². The van der Waals surface area contributed by atoms with Gasteiger partial charge in [0.15, 0.2) is 0 Å². The topological polar surface area (TPSA) is 71.2 Å². The first kappa shape index (κ1) is 18.0. The highest BCUT2D eigenvalue weighted by Crippen LogP contribution is 2.30. The van der Waals surface area contributed by atoms with Gasteiger partial charge in [0, 0.05) is 42.6 Å². The van der Waals surface area contributed by atoms with Gasteiger partial charge in [-0.25, -0.2) is 4.98 Å². The smallest absolute Gasteiger partial charge is 0.251 e. The van der Waals surface area contributed by atoms with Gasteiger partial charge in [-0.15, -0.1) is 0 Å². The second kappa shape index (κ2) is 7.35. The van der Waals surface area contributed by atoms with E-state index in [0.29, 0.717) is 17.9 Å². The van der Waals surface area contributed by atoms with Gasteiger partial charge >= 0.3 is 0 Å². The summed E-state index contributed by atoms with van der Waals surface area (Å²) in [5.74, 6) is 0.325. The minimum absolute atomic E-state index is 0.117. The number of nitrogens with two attached hydrogens (primary N) is 1. The Morgan fingerprint density at radius 3 is 2.46 bits per heavy atom. The molecule has 3 aromatic rings. The number of nitrogens with zero attached hydrogens (tertiary/aromatic N) is 2. The molecule has 1 aliphatic rings. The zero-order chi connectivity index (χ0) is 19.7. The van der Waals surface area contributed by atoms with E-state index < -0.39 is 0 Å². The molecule has 0 aliphatic carbocycles. The molecule has 2 heterocycles. The number of carbonyl (C=O) groups is 1. The van der Waals surface area contributed by atoms with Crippen molar-refractivity contribution in [2.45, 2.75) is 33.5 Å². The van der Waals surface area contributed by atoms with E-state index in [4.69, 9.17) is 5.73 Å². The standard InChI is InChI=1S/C23H24N4O/c1-15-9-19-13-27(14-20(19)10-16(15)2)21-7-3-5-17(11-21)23(28)26-12-18-6-4-8-25-22(18)24/h3-11H,12-14H2,1-2H3,(H2,24,25)(H,26,28). The van der Waals surface area contributed by atoms with Crippen LogP contribution >= 0.6 is 0 Å². The Kier molecular flexibility index (Phi) is 4.74. The molecule has 1 aliphatic heterocycles. The maximum atomic E-state index is 12.6. The summed E-state index contributed by atoms with van der Waals surface area (Å²) >= 11 is 0. The zero-order valence-corrected chi connectivity index (χ0v) is 16.2. The van der Waals surface area contributed by atoms with Crippen LogP contribution in [0.25, 0.3) is 0 Å². The first-order valence-electron chi connectivity index (χ1n) is 9.43. The number of aryl methyl sites for hydroxylation is 2. The van der Waals surface area contributed by atoms with E-state index in [1.165, 1.54) is 22.3 Å². The molecule has 1 aromatic heterocycles. The van der Waals surface area contributed by atoms with Gasteiger partial charge in [0.05, 0.1) is 0 Å². The van der Waals surface area contributed by atoms with Crippen molar-refractivity contribution >= 4 is 17.4 Å². The molecule has 0 fully saturated rings. The SMILES string of the molecule is Cc1cc2c(cc1C)CN(c1cccc(C(=O)NCc3cccnc3N)c1)C2. The molecular formula is C23H24N4O. The van der Waals surface area contributed by atoms with Gasteiger partial charge in [-0.05, 0) is 60.4 Å². The molecule has 0 radical (unpaired) electrons. The van der Waals surface area contributed by atoms with Crippen molar-refractivity contribution in [2.75, 3.05) is 10.6 Å². The number of aromatic nitrogens is 1. The molecule has 0 saturated heterocycles. The Bertz CT molecular complexity index is 1010. The van der Waals surface area contributed by atoms with Crippen LogP contribution in [0, 0.1) is 13.8 Å². The molecule has 0 atom stereocenters. The van der Waals surface area contributed by atoms with Crippen molar-refractivity contribution in [3.05, 3.63) is 88.1 Å². The summed E-state index contributed by atoms with van der Waals surface area (Å²) in [6, 6.07) is 16.0. The second-order valence-corrected chi connectivity index (χ2v) is 7.34. The highest BCUT2D eigenvalue weighted by atomic mass is 16.1. The van der Waals surface area contributed by atoms with Gasteiger partial charge in [-0.3, -0.25) is 4.79 Å². The van der Waals surface area contributed by atoms with Gasteiger partial charge in [-0.2, -0.15) is 0 Å². The summed E-state index contributed by atoms with van der Waals surface area (Å²) in [7, 11) is 0. The van der Waals surface area contributed by atoms with Crippen LogP contribution in [-0.2, 0) is 19.6 Å². The molecule has 28 heavy (non-hydrogen) atoms. The summed E-state index contributed by atoms with van der Waals surface area (Å²) in [6.45, 7) is 6.40. The fourth-order valence-corrected chi connectivity index (χ4v) is 3.60. The summed E-state index contributed by atoms with van der Waals surface area (Å²) in [6.07, 6.45) is 1.64. The van der Waals surface area contributed by atoms with Crippen LogP contribution in [0.3, 0.4) is 0 Å². The quantitative estimate of drug-likeness (QED) is 0.732. The predicted molar refractivity (Wildman–Crippen MR) is 112 cm³/mol. The van der Waals surface area contributed by atoms with E-state index in [9.17, 15) is 4.79 Å². The Morgan fingerprint density at radius 2 is 1.79 bits per heavy atom. The second-order valence-electron chi connectivity index (χ2n) is 7.34. The first-order chi connectivity index (χ1) is 13.5. The lowest BCUT2D eigenvalue weighted by atomic mass is 10.0. The summed E-state index contributed by atoms with van der Waals surface area (Å²) in [5.41, 5.74) is 13.7. The third kappa shape index (κ3) is 3.56. The Morgan fingerprint density at radius 1 is 1.07 bits per heavy atom. The number of hydrogen-bond donors (Lipinski definition) is 2.